The average molecular weight is 306 g/mol. The second-order valence-corrected chi connectivity index (χ2v) is 6.33. The lowest BCUT2D eigenvalue weighted by atomic mass is 10.2. The fraction of sp³-hybridized carbons (Fsp3) is 0.562. The maximum Gasteiger partial charge on any atom is 0.191 e. The first-order valence-electron chi connectivity index (χ1n) is 7.74. The van der Waals surface area contributed by atoms with Gasteiger partial charge < -0.3 is 15.5 Å². The Morgan fingerprint density at radius 1 is 1.29 bits per heavy atom. The molecule has 1 saturated heterocycles. The van der Waals surface area contributed by atoms with Gasteiger partial charge in [0.2, 0.25) is 0 Å². The van der Waals surface area contributed by atoms with E-state index in [0.29, 0.717) is 0 Å². The Balaban J connectivity index is 1.75. The number of hydrogen-bond acceptors (Lipinski definition) is 3. The van der Waals surface area contributed by atoms with Crippen LogP contribution >= 0.6 is 11.8 Å². The van der Waals surface area contributed by atoms with Gasteiger partial charge in [-0.15, -0.1) is 0 Å². The molecule has 0 spiro atoms. The summed E-state index contributed by atoms with van der Waals surface area (Å²) in [6.45, 7) is 7.10. The summed E-state index contributed by atoms with van der Waals surface area (Å²) < 4.78 is 0. The third-order valence-corrected chi connectivity index (χ3v) is 4.64. The molecule has 4 nitrogen and oxygen atoms in total. The van der Waals surface area contributed by atoms with Crippen LogP contribution in [0.25, 0.3) is 0 Å². The number of benzene rings is 1. The lowest BCUT2D eigenvalue weighted by molar-refractivity contribution is 0.455. The summed E-state index contributed by atoms with van der Waals surface area (Å²) >= 11 is 1.99. The van der Waals surface area contributed by atoms with Gasteiger partial charge in [-0.2, -0.15) is 11.8 Å². The third kappa shape index (κ3) is 5.16. The summed E-state index contributed by atoms with van der Waals surface area (Å²) in [4.78, 5) is 9.11. The van der Waals surface area contributed by atoms with Crippen molar-refractivity contribution >= 4 is 23.4 Å². The van der Waals surface area contributed by atoms with Crippen molar-refractivity contribution in [2.75, 3.05) is 49.1 Å². The van der Waals surface area contributed by atoms with Crippen molar-refractivity contribution < 1.29 is 0 Å². The normalized spacial score (nSPS) is 16.0. The first-order valence-corrected chi connectivity index (χ1v) is 8.89. The van der Waals surface area contributed by atoms with E-state index >= 15 is 0 Å². The molecule has 1 aliphatic rings. The molecule has 5 heteroatoms. The van der Waals surface area contributed by atoms with Crippen LogP contribution in [-0.2, 0) is 0 Å². The Bertz CT molecular complexity index is 429. The summed E-state index contributed by atoms with van der Waals surface area (Å²) in [6, 6.07) is 10.5. The molecule has 0 unspecified atom stereocenters. The van der Waals surface area contributed by atoms with Gasteiger partial charge in [0.05, 0.1) is 0 Å². The van der Waals surface area contributed by atoms with E-state index in [4.69, 9.17) is 5.73 Å². The van der Waals surface area contributed by atoms with Gasteiger partial charge in [0, 0.05) is 49.9 Å². The van der Waals surface area contributed by atoms with Crippen LogP contribution in [0.5, 0.6) is 0 Å². The fourth-order valence-corrected chi connectivity index (χ4v) is 3.36. The van der Waals surface area contributed by atoms with Gasteiger partial charge >= 0.3 is 0 Å². The minimum Gasteiger partial charge on any atom is -0.372 e. The van der Waals surface area contributed by atoms with Crippen LogP contribution in [-0.4, -0.2) is 55.1 Å². The zero-order chi connectivity index (χ0) is 14.9. The molecule has 0 atom stereocenters. The maximum atomic E-state index is 6.06. The van der Waals surface area contributed by atoms with E-state index in [1.54, 1.807) is 0 Å². The second kappa shape index (κ2) is 8.82. The van der Waals surface area contributed by atoms with Crippen LogP contribution in [0.3, 0.4) is 0 Å². The van der Waals surface area contributed by atoms with Crippen LogP contribution in [0.2, 0.25) is 0 Å². The van der Waals surface area contributed by atoms with E-state index < -0.39 is 0 Å². The van der Waals surface area contributed by atoms with Crippen LogP contribution in [0, 0.1) is 0 Å². The summed E-state index contributed by atoms with van der Waals surface area (Å²) in [5, 5.41) is 0. The van der Waals surface area contributed by atoms with E-state index in [1.165, 1.54) is 5.69 Å². The van der Waals surface area contributed by atoms with Crippen molar-refractivity contribution in [1.82, 2.24) is 4.90 Å². The highest BCUT2D eigenvalue weighted by Crippen LogP contribution is 2.13. The van der Waals surface area contributed by atoms with Gasteiger partial charge in [-0.05, 0) is 25.5 Å². The monoisotopic (exact) mass is 306 g/mol. The second-order valence-electron chi connectivity index (χ2n) is 5.11. The SMILES string of the molecule is CCN(CCCN=C(N)N1CCSCC1)c1ccccc1. The molecule has 0 saturated carbocycles. The molecule has 2 N–H and O–H groups in total. The number of thioether (sulfide) groups is 1. The highest BCUT2D eigenvalue weighted by atomic mass is 32.2. The molecular weight excluding hydrogens is 280 g/mol. The third-order valence-electron chi connectivity index (χ3n) is 3.70. The highest BCUT2D eigenvalue weighted by molar-refractivity contribution is 7.99. The van der Waals surface area contributed by atoms with Gasteiger partial charge in [0.1, 0.15) is 0 Å². The molecule has 1 aliphatic heterocycles. The van der Waals surface area contributed by atoms with Crippen molar-refractivity contribution in [2.45, 2.75) is 13.3 Å². The number of anilines is 1. The maximum absolute atomic E-state index is 6.06. The fourth-order valence-electron chi connectivity index (χ4n) is 2.46. The van der Waals surface area contributed by atoms with Crippen molar-refractivity contribution in [3.8, 4) is 0 Å². The molecule has 2 rings (SSSR count). The predicted molar refractivity (Wildman–Crippen MR) is 94.3 cm³/mol. The number of hydrogen-bond donors (Lipinski definition) is 1. The molecular formula is C16H26N4S. The molecule has 1 fully saturated rings. The largest absolute Gasteiger partial charge is 0.372 e. The van der Waals surface area contributed by atoms with E-state index in [9.17, 15) is 0 Å². The van der Waals surface area contributed by atoms with E-state index in [1.807, 2.05) is 11.8 Å². The molecule has 0 aromatic heterocycles. The Kier molecular flexibility index (Phi) is 6.73. The topological polar surface area (TPSA) is 44.9 Å². The zero-order valence-electron chi connectivity index (χ0n) is 12.9. The van der Waals surface area contributed by atoms with Crippen LogP contribution in [0.4, 0.5) is 5.69 Å². The van der Waals surface area contributed by atoms with Gasteiger partial charge in [0.15, 0.2) is 5.96 Å². The molecule has 0 aliphatic carbocycles. The van der Waals surface area contributed by atoms with Gasteiger partial charge in [-0.1, -0.05) is 18.2 Å². The Labute approximate surface area is 132 Å². The van der Waals surface area contributed by atoms with Gasteiger partial charge in [0.25, 0.3) is 0 Å². The van der Waals surface area contributed by atoms with Gasteiger partial charge in [-0.3, -0.25) is 4.99 Å². The number of para-hydroxylation sites is 1. The zero-order valence-corrected chi connectivity index (χ0v) is 13.7. The van der Waals surface area contributed by atoms with Crippen LogP contribution in [0.1, 0.15) is 13.3 Å². The molecule has 0 radical (unpaired) electrons. The number of guanidine groups is 1. The average Bonchev–Trinajstić information content (AvgIpc) is 2.56. The van der Waals surface area contributed by atoms with Crippen molar-refractivity contribution in [2.24, 2.45) is 10.7 Å². The molecule has 1 aromatic carbocycles. The number of aliphatic imine (C=N–C) groups is 1. The van der Waals surface area contributed by atoms with E-state index in [2.05, 4.69) is 52.0 Å². The van der Waals surface area contributed by atoms with Crippen molar-refractivity contribution in [3.05, 3.63) is 30.3 Å². The molecule has 0 bridgehead atoms. The van der Waals surface area contributed by atoms with Gasteiger partial charge in [-0.25, -0.2) is 0 Å². The first-order chi connectivity index (χ1) is 10.3. The quantitative estimate of drug-likeness (QED) is 0.497. The summed E-state index contributed by atoms with van der Waals surface area (Å²) in [5.41, 5.74) is 7.34. The number of rotatable bonds is 6. The van der Waals surface area contributed by atoms with E-state index in [-0.39, 0.29) is 0 Å². The standard InChI is InChI=1S/C16H26N4S/c1-2-19(15-7-4-3-5-8-15)10-6-9-18-16(17)20-11-13-21-14-12-20/h3-5,7-8H,2,6,9-14H2,1H3,(H2,17,18). The summed E-state index contributed by atoms with van der Waals surface area (Å²) in [7, 11) is 0. The van der Waals surface area contributed by atoms with Crippen LogP contribution < -0.4 is 10.6 Å². The summed E-state index contributed by atoms with van der Waals surface area (Å²) in [5.74, 6) is 3.04. The minimum absolute atomic E-state index is 0.720. The van der Waals surface area contributed by atoms with Crippen molar-refractivity contribution in [1.29, 1.82) is 0 Å². The van der Waals surface area contributed by atoms with Crippen LogP contribution in [0.15, 0.2) is 35.3 Å². The summed E-state index contributed by atoms with van der Waals surface area (Å²) in [6.07, 6.45) is 1.03. The lowest BCUT2D eigenvalue weighted by Crippen LogP contribution is -2.42. The lowest BCUT2D eigenvalue weighted by Gasteiger charge is -2.27. The smallest absolute Gasteiger partial charge is 0.191 e. The minimum atomic E-state index is 0.720. The van der Waals surface area contributed by atoms with Crippen molar-refractivity contribution in [3.63, 3.8) is 0 Å². The predicted octanol–water partition coefficient (Wildman–Crippen LogP) is 2.27. The number of nitrogens with two attached hydrogens (primary N) is 1. The molecule has 1 heterocycles. The Morgan fingerprint density at radius 2 is 2.00 bits per heavy atom. The van der Waals surface area contributed by atoms with E-state index in [0.717, 1.165) is 56.6 Å². The Hall–Kier alpha value is -1.36. The molecule has 0 amide bonds. The molecule has 116 valence electrons. The first kappa shape index (κ1) is 16.0. The number of nitrogens with zero attached hydrogens (tertiary/aromatic N) is 3. The molecule has 1 aromatic rings. The molecule has 21 heavy (non-hydrogen) atoms. The Morgan fingerprint density at radius 3 is 2.67 bits per heavy atom. The highest BCUT2D eigenvalue weighted by Gasteiger charge is 2.11.